The summed E-state index contributed by atoms with van der Waals surface area (Å²) in [5.74, 6) is 1.81. The summed E-state index contributed by atoms with van der Waals surface area (Å²) in [7, 11) is -3.93. The second-order valence-electron chi connectivity index (χ2n) is 6.55. The molecule has 1 aliphatic heterocycles. The van der Waals surface area contributed by atoms with Crippen LogP contribution in [0.2, 0.25) is 0 Å². The van der Waals surface area contributed by atoms with Gasteiger partial charge in [0.2, 0.25) is 0 Å². The maximum absolute atomic E-state index is 11.0. The van der Waals surface area contributed by atoms with Crippen molar-refractivity contribution in [1.29, 1.82) is 0 Å². The zero-order chi connectivity index (χ0) is 18.0. The molecule has 2 heterocycles. The van der Waals surface area contributed by atoms with Crippen molar-refractivity contribution in [3.63, 3.8) is 0 Å². The van der Waals surface area contributed by atoms with Crippen LogP contribution in [0, 0.1) is 6.92 Å². The smallest absolute Gasteiger partial charge is 0.326 e. The number of piperazine rings is 1. The monoisotopic (exact) mass is 364 g/mol. The topological polar surface area (TPSA) is 89.8 Å². The molecule has 0 bridgehead atoms. The Morgan fingerprint density at radius 1 is 1.16 bits per heavy atom. The first-order valence-electron chi connectivity index (χ1n) is 8.65. The molecule has 0 amide bonds. The van der Waals surface area contributed by atoms with Crippen LogP contribution in [0.15, 0.2) is 18.2 Å². The van der Waals surface area contributed by atoms with Crippen molar-refractivity contribution in [3.8, 4) is 0 Å². The molecule has 1 saturated heterocycles. The van der Waals surface area contributed by atoms with Crippen molar-refractivity contribution in [2.75, 3.05) is 43.8 Å². The molecule has 8 heteroatoms. The Balaban J connectivity index is 1.78. The third-order valence-electron chi connectivity index (χ3n) is 4.57. The van der Waals surface area contributed by atoms with Gasteiger partial charge in [-0.2, -0.15) is 0 Å². The van der Waals surface area contributed by atoms with Gasteiger partial charge in [-0.3, -0.25) is 9.46 Å². The predicted molar refractivity (Wildman–Crippen MR) is 99.2 cm³/mol. The van der Waals surface area contributed by atoms with Gasteiger partial charge in [-0.1, -0.05) is 13.0 Å². The molecule has 25 heavy (non-hydrogen) atoms. The highest BCUT2D eigenvalue weighted by atomic mass is 31.2. The second kappa shape index (κ2) is 7.38. The van der Waals surface area contributed by atoms with E-state index in [1.54, 1.807) is 0 Å². The van der Waals surface area contributed by atoms with Gasteiger partial charge in [0.1, 0.15) is 11.6 Å². The van der Waals surface area contributed by atoms with Crippen molar-refractivity contribution in [3.05, 3.63) is 29.6 Å². The molecule has 2 aromatic rings. The quantitative estimate of drug-likeness (QED) is 0.782. The van der Waals surface area contributed by atoms with E-state index in [2.05, 4.69) is 46.8 Å². The van der Waals surface area contributed by atoms with Crippen molar-refractivity contribution in [2.45, 2.75) is 20.3 Å². The van der Waals surface area contributed by atoms with Gasteiger partial charge in [-0.05, 0) is 24.6 Å². The van der Waals surface area contributed by atoms with Crippen LogP contribution in [0.5, 0.6) is 0 Å². The number of hydrogen-bond acceptors (Lipinski definition) is 5. The molecule has 2 N–H and O–H groups in total. The summed E-state index contributed by atoms with van der Waals surface area (Å²) >= 11 is 0. The summed E-state index contributed by atoms with van der Waals surface area (Å²) < 4.78 is 11.0. The standard InChI is InChI=1S/C17H25N4O3P/c1-3-16-18-15-12-13(2)4-5-14(15)17(19-16)21-8-6-20(7-9-21)10-11-25(22,23)24/h4-5,12H,3,6-11H2,1-2H3,(H2,22,23,24). The Hall–Kier alpha value is -1.53. The fraction of sp³-hybridized carbons (Fsp3) is 0.529. The van der Waals surface area contributed by atoms with Crippen molar-refractivity contribution < 1.29 is 14.4 Å². The van der Waals surface area contributed by atoms with Crippen LogP contribution in [-0.4, -0.2) is 63.5 Å². The highest BCUT2D eigenvalue weighted by Crippen LogP contribution is 2.34. The van der Waals surface area contributed by atoms with Crippen LogP contribution in [0.1, 0.15) is 18.3 Å². The first-order valence-corrected chi connectivity index (χ1v) is 10.4. The molecule has 7 nitrogen and oxygen atoms in total. The SMILES string of the molecule is CCc1nc(N2CCN(CCP(=O)(O)O)CC2)c2ccc(C)cc2n1. The lowest BCUT2D eigenvalue weighted by Crippen LogP contribution is -2.47. The van der Waals surface area contributed by atoms with E-state index in [4.69, 9.17) is 14.8 Å². The maximum Gasteiger partial charge on any atom is 0.326 e. The molecule has 0 saturated carbocycles. The fourth-order valence-electron chi connectivity index (χ4n) is 3.12. The number of benzene rings is 1. The van der Waals surface area contributed by atoms with Crippen LogP contribution < -0.4 is 4.90 Å². The summed E-state index contributed by atoms with van der Waals surface area (Å²) in [5, 5.41) is 1.06. The molecule has 3 rings (SSSR count). The maximum atomic E-state index is 11.0. The minimum absolute atomic E-state index is 0.0807. The van der Waals surface area contributed by atoms with E-state index in [1.165, 1.54) is 5.56 Å². The Morgan fingerprint density at radius 2 is 1.88 bits per heavy atom. The number of aromatic nitrogens is 2. The number of aryl methyl sites for hydroxylation is 2. The van der Waals surface area contributed by atoms with Gasteiger partial charge in [-0.25, -0.2) is 9.97 Å². The van der Waals surface area contributed by atoms with E-state index in [-0.39, 0.29) is 6.16 Å². The molecule has 1 aromatic carbocycles. The highest BCUT2D eigenvalue weighted by molar-refractivity contribution is 7.51. The first-order chi connectivity index (χ1) is 11.9. The second-order valence-corrected chi connectivity index (χ2v) is 8.33. The normalized spacial score (nSPS) is 16.6. The number of hydrogen-bond donors (Lipinski definition) is 2. The molecule has 1 aromatic heterocycles. The lowest BCUT2D eigenvalue weighted by molar-refractivity contribution is 0.264. The molecule has 0 spiro atoms. The minimum Gasteiger partial charge on any atom is -0.353 e. The van der Waals surface area contributed by atoms with E-state index in [9.17, 15) is 4.57 Å². The van der Waals surface area contributed by atoms with Gasteiger partial charge in [-0.15, -0.1) is 0 Å². The van der Waals surface area contributed by atoms with Gasteiger partial charge in [0.15, 0.2) is 0 Å². The zero-order valence-electron chi connectivity index (χ0n) is 14.7. The molecule has 136 valence electrons. The summed E-state index contributed by atoms with van der Waals surface area (Å²) in [4.78, 5) is 31.8. The van der Waals surface area contributed by atoms with E-state index in [1.807, 2.05) is 0 Å². The fourth-order valence-corrected chi connectivity index (χ4v) is 3.67. The van der Waals surface area contributed by atoms with Crippen LogP contribution in [0.3, 0.4) is 0 Å². The van der Waals surface area contributed by atoms with Crippen LogP contribution in [0.25, 0.3) is 10.9 Å². The molecule has 0 radical (unpaired) electrons. The van der Waals surface area contributed by atoms with Crippen LogP contribution in [0.4, 0.5) is 5.82 Å². The molecule has 0 atom stereocenters. The number of anilines is 1. The molecular formula is C17H25N4O3P. The van der Waals surface area contributed by atoms with Crippen LogP contribution in [-0.2, 0) is 11.0 Å². The van der Waals surface area contributed by atoms with Gasteiger partial charge in [0, 0.05) is 44.5 Å². The Bertz CT molecular complexity index is 800. The van der Waals surface area contributed by atoms with Crippen molar-refractivity contribution in [2.24, 2.45) is 0 Å². The Labute approximate surface area is 147 Å². The minimum atomic E-state index is -3.93. The molecule has 1 fully saturated rings. The van der Waals surface area contributed by atoms with Gasteiger partial charge < -0.3 is 14.7 Å². The summed E-state index contributed by atoms with van der Waals surface area (Å²) in [6.07, 6.45) is 0.710. The van der Waals surface area contributed by atoms with E-state index in [0.717, 1.165) is 55.1 Å². The summed E-state index contributed by atoms with van der Waals surface area (Å²) in [6.45, 7) is 7.70. The van der Waals surface area contributed by atoms with Crippen LogP contribution >= 0.6 is 7.60 Å². The third kappa shape index (κ3) is 4.55. The first kappa shape index (κ1) is 18.3. The lowest BCUT2D eigenvalue weighted by Gasteiger charge is -2.36. The largest absolute Gasteiger partial charge is 0.353 e. The third-order valence-corrected chi connectivity index (χ3v) is 5.36. The molecule has 0 unspecified atom stereocenters. The average molecular weight is 364 g/mol. The van der Waals surface area contributed by atoms with E-state index >= 15 is 0 Å². The molecule has 1 aliphatic rings. The lowest BCUT2D eigenvalue weighted by atomic mass is 10.1. The summed E-state index contributed by atoms with van der Waals surface area (Å²) in [6, 6.07) is 6.26. The number of fused-ring (bicyclic) bond motifs is 1. The number of rotatable bonds is 5. The van der Waals surface area contributed by atoms with E-state index in [0.29, 0.717) is 6.54 Å². The zero-order valence-corrected chi connectivity index (χ0v) is 15.6. The number of nitrogens with zero attached hydrogens (tertiary/aromatic N) is 4. The van der Waals surface area contributed by atoms with Gasteiger partial charge >= 0.3 is 7.60 Å². The van der Waals surface area contributed by atoms with E-state index < -0.39 is 7.60 Å². The Morgan fingerprint density at radius 3 is 2.52 bits per heavy atom. The average Bonchev–Trinajstić information content (AvgIpc) is 2.58. The summed E-state index contributed by atoms with van der Waals surface area (Å²) in [5.41, 5.74) is 2.16. The predicted octanol–water partition coefficient (Wildman–Crippen LogP) is 1.80. The highest BCUT2D eigenvalue weighted by Gasteiger charge is 2.22. The van der Waals surface area contributed by atoms with Gasteiger partial charge in [0.05, 0.1) is 11.7 Å². The van der Waals surface area contributed by atoms with Gasteiger partial charge in [0.25, 0.3) is 0 Å². The van der Waals surface area contributed by atoms with Crippen molar-refractivity contribution in [1.82, 2.24) is 14.9 Å². The Kier molecular flexibility index (Phi) is 5.39. The molecule has 0 aliphatic carbocycles. The molecular weight excluding hydrogens is 339 g/mol. The van der Waals surface area contributed by atoms with Crippen molar-refractivity contribution >= 4 is 24.3 Å².